The van der Waals surface area contributed by atoms with E-state index in [0.29, 0.717) is 28.5 Å². The van der Waals surface area contributed by atoms with Crippen molar-refractivity contribution in [2.24, 2.45) is 5.10 Å². The molecule has 1 N–H and O–H groups in total. The van der Waals surface area contributed by atoms with Crippen LogP contribution in [0.15, 0.2) is 70.2 Å². The molecular weight excluding hydrogens is 606 g/mol. The van der Waals surface area contributed by atoms with E-state index < -0.39 is 22.4 Å². The Bertz CT molecular complexity index is 1160. The maximum Gasteiger partial charge on any atom is 0.416 e. The van der Waals surface area contributed by atoms with Gasteiger partial charge < -0.3 is 4.74 Å². The molecule has 0 aliphatic rings. The van der Waals surface area contributed by atoms with Crippen LogP contribution >= 0.6 is 38.5 Å². The molecular formula is C21H14BrF3IN3O3. The van der Waals surface area contributed by atoms with Gasteiger partial charge in [0.2, 0.25) is 0 Å². The number of hydrogen-bond acceptors (Lipinski definition) is 5. The summed E-state index contributed by atoms with van der Waals surface area (Å²) in [6.45, 7) is 0.391. The summed E-state index contributed by atoms with van der Waals surface area (Å²) in [5.74, 6) is 0.618. The van der Waals surface area contributed by atoms with E-state index >= 15 is 0 Å². The molecule has 0 radical (unpaired) electrons. The van der Waals surface area contributed by atoms with Gasteiger partial charge in [-0.1, -0.05) is 12.1 Å². The molecule has 32 heavy (non-hydrogen) atoms. The number of rotatable bonds is 7. The predicted molar refractivity (Wildman–Crippen MR) is 127 cm³/mol. The molecule has 11 heteroatoms. The number of ether oxygens (including phenoxy) is 1. The molecule has 3 aromatic carbocycles. The molecule has 0 bridgehead atoms. The Labute approximate surface area is 202 Å². The summed E-state index contributed by atoms with van der Waals surface area (Å²) in [6, 6.07) is 15.3. The highest BCUT2D eigenvalue weighted by molar-refractivity contribution is 14.1. The first-order chi connectivity index (χ1) is 15.1. The average Bonchev–Trinajstić information content (AvgIpc) is 2.73. The fraction of sp³-hybridized carbons (Fsp3) is 0.0952. The first kappa shape index (κ1) is 24.0. The molecule has 0 fully saturated rings. The van der Waals surface area contributed by atoms with Crippen molar-refractivity contribution in [3.63, 3.8) is 0 Å². The van der Waals surface area contributed by atoms with Crippen molar-refractivity contribution < 1.29 is 22.8 Å². The van der Waals surface area contributed by atoms with Gasteiger partial charge in [0.15, 0.2) is 0 Å². The van der Waals surface area contributed by atoms with Crippen molar-refractivity contribution >= 4 is 56.1 Å². The quantitative estimate of drug-likeness (QED) is 0.134. The van der Waals surface area contributed by atoms with Crippen molar-refractivity contribution in [1.29, 1.82) is 0 Å². The predicted octanol–water partition coefficient (Wildman–Crippen LogP) is 7.01. The van der Waals surface area contributed by atoms with Crippen LogP contribution in [0, 0.1) is 13.7 Å². The van der Waals surface area contributed by atoms with E-state index in [9.17, 15) is 23.3 Å². The number of halogens is 5. The van der Waals surface area contributed by atoms with Gasteiger partial charge in [0, 0.05) is 9.64 Å². The molecule has 0 spiro atoms. The lowest BCUT2D eigenvalue weighted by Gasteiger charge is -2.09. The third kappa shape index (κ3) is 6.42. The third-order valence-corrected chi connectivity index (χ3v) is 5.52. The lowest BCUT2D eigenvalue weighted by molar-refractivity contribution is -0.384. The first-order valence-corrected chi connectivity index (χ1v) is 10.8. The minimum Gasteiger partial charge on any atom is -0.488 e. The number of alkyl halides is 3. The zero-order valence-electron chi connectivity index (χ0n) is 16.1. The number of benzene rings is 3. The summed E-state index contributed by atoms with van der Waals surface area (Å²) in [5, 5.41) is 15.0. The van der Waals surface area contributed by atoms with Crippen LogP contribution in [0.3, 0.4) is 0 Å². The van der Waals surface area contributed by atoms with E-state index in [2.05, 4.69) is 49.0 Å². The van der Waals surface area contributed by atoms with E-state index in [1.807, 2.05) is 24.3 Å². The molecule has 0 heterocycles. The van der Waals surface area contributed by atoms with E-state index in [1.54, 1.807) is 18.2 Å². The van der Waals surface area contributed by atoms with Gasteiger partial charge in [-0.15, -0.1) is 0 Å². The highest BCUT2D eigenvalue weighted by Gasteiger charge is 2.33. The minimum atomic E-state index is -4.68. The van der Waals surface area contributed by atoms with Crippen LogP contribution in [-0.4, -0.2) is 11.1 Å². The molecule has 3 rings (SSSR count). The van der Waals surface area contributed by atoms with Gasteiger partial charge in [-0.25, -0.2) is 0 Å². The molecule has 6 nitrogen and oxygen atoms in total. The van der Waals surface area contributed by atoms with Crippen molar-refractivity contribution in [2.45, 2.75) is 12.8 Å². The summed E-state index contributed by atoms with van der Waals surface area (Å²) in [6.07, 6.45) is -3.29. The molecule has 0 aromatic heterocycles. The maximum absolute atomic E-state index is 12.8. The van der Waals surface area contributed by atoms with Crippen molar-refractivity contribution in [3.8, 4) is 5.75 Å². The number of hydrazone groups is 1. The second kappa shape index (κ2) is 10.3. The largest absolute Gasteiger partial charge is 0.488 e. The Kier molecular flexibility index (Phi) is 7.72. The number of nitrogens with one attached hydrogen (secondary N) is 1. The standard InChI is InChI=1S/C21H14BrF3IN3O3/c22-17-9-14(3-8-20(17)32-12-13-1-5-16(26)6-2-13)11-27-28-18-7-4-15(21(23,24)25)10-19(18)29(30)31/h1-11,28H,12H2/b27-11-. The van der Waals surface area contributed by atoms with Crippen LogP contribution in [-0.2, 0) is 12.8 Å². The second-order valence-electron chi connectivity index (χ2n) is 6.46. The van der Waals surface area contributed by atoms with E-state index in [0.717, 1.165) is 21.3 Å². The van der Waals surface area contributed by atoms with Gasteiger partial charge in [-0.2, -0.15) is 18.3 Å². The summed E-state index contributed by atoms with van der Waals surface area (Å²) < 4.78 is 46.0. The topological polar surface area (TPSA) is 76.8 Å². The minimum absolute atomic E-state index is 0.157. The molecule has 0 aliphatic carbocycles. The number of nitro groups is 1. The molecule has 3 aromatic rings. The number of nitrogens with zero attached hydrogens (tertiary/aromatic N) is 2. The molecule has 166 valence electrons. The molecule has 0 atom stereocenters. The summed E-state index contributed by atoms with van der Waals surface area (Å²) >= 11 is 5.65. The van der Waals surface area contributed by atoms with Gasteiger partial charge in [-0.05, 0) is 92.1 Å². The molecule has 0 aliphatic heterocycles. The van der Waals surface area contributed by atoms with Crippen LogP contribution in [0.25, 0.3) is 0 Å². The summed E-state index contributed by atoms with van der Waals surface area (Å²) in [7, 11) is 0. The van der Waals surface area contributed by atoms with Crippen molar-refractivity contribution in [3.05, 3.63) is 95.5 Å². The highest BCUT2D eigenvalue weighted by Crippen LogP contribution is 2.35. The van der Waals surface area contributed by atoms with E-state index in [4.69, 9.17) is 4.74 Å². The fourth-order valence-electron chi connectivity index (χ4n) is 2.59. The number of nitro benzene ring substituents is 1. The first-order valence-electron chi connectivity index (χ1n) is 8.95. The summed E-state index contributed by atoms with van der Waals surface area (Å²) in [4.78, 5) is 10.2. The zero-order valence-corrected chi connectivity index (χ0v) is 19.8. The average molecular weight is 620 g/mol. The Morgan fingerprint density at radius 3 is 2.47 bits per heavy atom. The molecule has 0 amide bonds. The van der Waals surface area contributed by atoms with Crippen molar-refractivity contribution in [1.82, 2.24) is 0 Å². The SMILES string of the molecule is O=[N+]([O-])c1cc(C(F)(F)F)ccc1N/N=C\c1ccc(OCc2ccc(I)cc2)c(Br)c1. The smallest absolute Gasteiger partial charge is 0.416 e. The van der Waals surface area contributed by atoms with Gasteiger partial charge >= 0.3 is 6.18 Å². The summed E-state index contributed by atoms with van der Waals surface area (Å²) in [5.41, 5.74) is 2.09. The molecule has 0 saturated carbocycles. The van der Waals surface area contributed by atoms with Crippen LogP contribution in [0.1, 0.15) is 16.7 Å². The van der Waals surface area contributed by atoms with Crippen LogP contribution < -0.4 is 10.2 Å². The lowest BCUT2D eigenvalue weighted by Crippen LogP contribution is -2.06. The Balaban J connectivity index is 1.67. The number of hydrogen-bond donors (Lipinski definition) is 1. The normalized spacial score (nSPS) is 11.5. The number of anilines is 1. The monoisotopic (exact) mass is 619 g/mol. The lowest BCUT2D eigenvalue weighted by atomic mass is 10.1. The molecule has 0 unspecified atom stereocenters. The maximum atomic E-state index is 12.8. The fourth-order valence-corrected chi connectivity index (χ4v) is 3.46. The van der Waals surface area contributed by atoms with Crippen LogP contribution in [0.2, 0.25) is 0 Å². The molecule has 0 saturated heterocycles. The van der Waals surface area contributed by atoms with Gasteiger partial charge in [0.05, 0.1) is 21.2 Å². The van der Waals surface area contributed by atoms with Crippen LogP contribution in [0.5, 0.6) is 5.75 Å². The van der Waals surface area contributed by atoms with Crippen LogP contribution in [0.4, 0.5) is 24.5 Å². The van der Waals surface area contributed by atoms with Crippen molar-refractivity contribution in [2.75, 3.05) is 5.43 Å². The Hall–Kier alpha value is -2.67. The second-order valence-corrected chi connectivity index (χ2v) is 8.56. The van der Waals surface area contributed by atoms with Gasteiger partial charge in [0.1, 0.15) is 18.0 Å². The van der Waals surface area contributed by atoms with E-state index in [-0.39, 0.29) is 5.69 Å². The Morgan fingerprint density at radius 1 is 1.12 bits per heavy atom. The highest BCUT2D eigenvalue weighted by atomic mass is 127. The van der Waals surface area contributed by atoms with Gasteiger partial charge in [-0.3, -0.25) is 15.5 Å². The Morgan fingerprint density at radius 2 is 1.84 bits per heavy atom. The van der Waals surface area contributed by atoms with Gasteiger partial charge in [0.25, 0.3) is 5.69 Å². The van der Waals surface area contributed by atoms with E-state index in [1.165, 1.54) is 6.21 Å². The zero-order chi connectivity index (χ0) is 23.3. The third-order valence-electron chi connectivity index (χ3n) is 4.18.